The summed E-state index contributed by atoms with van der Waals surface area (Å²) in [4.78, 5) is -0.283. The summed E-state index contributed by atoms with van der Waals surface area (Å²) in [5, 5.41) is 0. The van der Waals surface area contributed by atoms with Crippen molar-refractivity contribution in [2.45, 2.75) is 9.79 Å². The molecule has 0 heterocycles. The molecule has 0 saturated carbocycles. The molecule has 2 aromatic rings. The Bertz CT molecular complexity index is 783. The van der Waals surface area contributed by atoms with E-state index in [1.807, 2.05) is 0 Å². The quantitative estimate of drug-likeness (QED) is 0.447. The van der Waals surface area contributed by atoms with Crippen molar-refractivity contribution in [3.05, 3.63) is 48.5 Å². The van der Waals surface area contributed by atoms with Crippen LogP contribution in [0.3, 0.4) is 0 Å². The van der Waals surface area contributed by atoms with Crippen molar-refractivity contribution < 1.29 is 25.9 Å². The van der Waals surface area contributed by atoms with Crippen LogP contribution in [0.2, 0.25) is 0 Å². The fourth-order valence-electron chi connectivity index (χ4n) is 1.43. The van der Waals surface area contributed by atoms with Gasteiger partial charge in [0.25, 0.3) is 0 Å². The van der Waals surface area contributed by atoms with Crippen molar-refractivity contribution >= 4 is 55.4 Å². The van der Waals surface area contributed by atoms with E-state index in [0.717, 1.165) is 8.92 Å². The Morgan fingerprint density at radius 1 is 0.591 bits per heavy atom. The fourth-order valence-corrected chi connectivity index (χ4v) is 8.35. The second kappa shape index (κ2) is 6.82. The summed E-state index contributed by atoms with van der Waals surface area (Å²) >= 11 is 0.175. The first-order valence-corrected chi connectivity index (χ1v) is 14.6. The first-order valence-electron chi connectivity index (χ1n) is 5.66. The molecule has 0 atom stereocenters. The molecule has 10 heteroatoms. The van der Waals surface area contributed by atoms with Gasteiger partial charge in [0, 0.05) is 0 Å². The van der Waals surface area contributed by atoms with Crippen LogP contribution in [0.1, 0.15) is 0 Å². The molecule has 2 rings (SSSR count). The van der Waals surface area contributed by atoms with Gasteiger partial charge in [-0.25, -0.2) is 0 Å². The molecule has 0 aliphatic heterocycles. The van der Waals surface area contributed by atoms with Crippen LogP contribution in [0.5, 0.6) is 0 Å². The molecule has 0 aliphatic rings. The van der Waals surface area contributed by atoms with Crippen LogP contribution in [0.4, 0.5) is 0 Å². The van der Waals surface area contributed by atoms with E-state index in [2.05, 4.69) is 0 Å². The zero-order chi connectivity index (χ0) is 16.4. The van der Waals surface area contributed by atoms with Crippen LogP contribution >= 0.6 is 0 Å². The Hall–Kier alpha value is -0.701. The number of rotatable bonds is 5. The Kier molecular flexibility index (Phi) is 5.47. The van der Waals surface area contributed by atoms with Gasteiger partial charge in [0.05, 0.1) is 0 Å². The standard InChI is InChI=1S/C12H10O6S2Se2/c13-19(14,15)9-1-5-11(6-2-9)21-22-12-7-3-10(4-8-12)20(16,17)18/h1-8H,(H,13,14,15)(H,16,17,18). The van der Waals surface area contributed by atoms with Gasteiger partial charge in [-0.1, -0.05) is 0 Å². The Balaban J connectivity index is 2.04. The average molecular weight is 472 g/mol. The topological polar surface area (TPSA) is 109 Å². The fraction of sp³-hybridized carbons (Fsp3) is 0. The summed E-state index contributed by atoms with van der Waals surface area (Å²) in [6.45, 7) is 0. The van der Waals surface area contributed by atoms with E-state index in [-0.39, 0.29) is 36.1 Å². The number of benzene rings is 2. The van der Waals surface area contributed by atoms with Gasteiger partial charge >= 0.3 is 140 Å². The van der Waals surface area contributed by atoms with Crippen molar-refractivity contribution in [2.24, 2.45) is 0 Å². The van der Waals surface area contributed by atoms with Crippen molar-refractivity contribution in [2.75, 3.05) is 0 Å². The van der Waals surface area contributed by atoms with Gasteiger partial charge in [-0.05, 0) is 0 Å². The Morgan fingerprint density at radius 3 is 1.09 bits per heavy atom. The van der Waals surface area contributed by atoms with Crippen LogP contribution in [0.25, 0.3) is 0 Å². The predicted octanol–water partition coefficient (Wildman–Crippen LogP) is -0.546. The van der Waals surface area contributed by atoms with E-state index in [1.54, 1.807) is 24.3 Å². The van der Waals surface area contributed by atoms with Crippen molar-refractivity contribution in [1.82, 2.24) is 0 Å². The van der Waals surface area contributed by atoms with Crippen LogP contribution in [-0.4, -0.2) is 52.2 Å². The second-order valence-corrected chi connectivity index (χ2v) is 13.2. The molecule has 6 nitrogen and oxygen atoms in total. The summed E-state index contributed by atoms with van der Waals surface area (Å²) in [5.74, 6) is 0. The monoisotopic (exact) mass is 474 g/mol. The first-order chi connectivity index (χ1) is 10.2. The molecule has 0 radical (unpaired) electrons. The van der Waals surface area contributed by atoms with E-state index >= 15 is 0 Å². The minimum atomic E-state index is -4.17. The zero-order valence-electron chi connectivity index (χ0n) is 10.8. The van der Waals surface area contributed by atoms with Gasteiger partial charge in [0.1, 0.15) is 0 Å². The average Bonchev–Trinajstić information content (AvgIpc) is 2.44. The SMILES string of the molecule is O=S(=O)(O)c1ccc([Se][Se]c2ccc(S(=O)(=O)O)cc2)cc1. The van der Waals surface area contributed by atoms with Crippen molar-refractivity contribution in [1.29, 1.82) is 0 Å². The first kappa shape index (κ1) is 17.6. The van der Waals surface area contributed by atoms with E-state index in [0.29, 0.717) is 0 Å². The summed E-state index contributed by atoms with van der Waals surface area (Å²) in [6, 6.07) is 12.0. The van der Waals surface area contributed by atoms with Gasteiger partial charge in [-0.2, -0.15) is 0 Å². The van der Waals surface area contributed by atoms with Gasteiger partial charge < -0.3 is 0 Å². The molecule has 0 spiro atoms. The van der Waals surface area contributed by atoms with Crippen LogP contribution in [0.15, 0.2) is 58.3 Å². The number of hydrogen-bond acceptors (Lipinski definition) is 4. The van der Waals surface area contributed by atoms with Crippen LogP contribution in [-0.2, 0) is 20.2 Å². The van der Waals surface area contributed by atoms with E-state index < -0.39 is 20.2 Å². The van der Waals surface area contributed by atoms with Crippen molar-refractivity contribution in [3.8, 4) is 0 Å². The molecule has 22 heavy (non-hydrogen) atoms. The molecule has 0 amide bonds. The maximum atomic E-state index is 10.9. The molecule has 2 aromatic carbocycles. The zero-order valence-corrected chi connectivity index (χ0v) is 15.8. The molecule has 0 unspecified atom stereocenters. The summed E-state index contributed by atoms with van der Waals surface area (Å²) in [5.41, 5.74) is 0. The van der Waals surface area contributed by atoms with Crippen LogP contribution in [0, 0.1) is 0 Å². The predicted molar refractivity (Wildman–Crippen MR) is 83.3 cm³/mol. The molecular formula is C12H10O6S2Se2. The minimum absolute atomic E-state index is 0.0877. The third kappa shape index (κ3) is 4.90. The Labute approximate surface area is 139 Å². The van der Waals surface area contributed by atoms with Crippen molar-refractivity contribution in [3.63, 3.8) is 0 Å². The van der Waals surface area contributed by atoms with E-state index in [4.69, 9.17) is 9.11 Å². The Morgan fingerprint density at radius 2 is 0.864 bits per heavy atom. The molecular weight excluding hydrogens is 462 g/mol. The van der Waals surface area contributed by atoms with Gasteiger partial charge in [0.2, 0.25) is 0 Å². The maximum absolute atomic E-state index is 10.9. The molecule has 0 saturated heterocycles. The van der Waals surface area contributed by atoms with Gasteiger partial charge in [-0.15, -0.1) is 0 Å². The third-order valence-electron chi connectivity index (χ3n) is 2.48. The van der Waals surface area contributed by atoms with E-state index in [9.17, 15) is 16.8 Å². The van der Waals surface area contributed by atoms with Crippen LogP contribution < -0.4 is 8.92 Å². The molecule has 118 valence electrons. The normalized spacial score (nSPS) is 12.3. The van der Waals surface area contributed by atoms with Gasteiger partial charge in [-0.3, -0.25) is 0 Å². The molecule has 0 fully saturated rings. The molecule has 2 N–H and O–H groups in total. The second-order valence-electron chi connectivity index (χ2n) is 4.06. The summed E-state index contributed by atoms with van der Waals surface area (Å²) in [7, 11) is -8.35. The molecule has 0 bridgehead atoms. The molecule has 0 aliphatic carbocycles. The summed E-state index contributed by atoms with van der Waals surface area (Å²) in [6.07, 6.45) is 0. The third-order valence-corrected chi connectivity index (χ3v) is 11.4. The summed E-state index contributed by atoms with van der Waals surface area (Å²) < 4.78 is 63.5. The van der Waals surface area contributed by atoms with Gasteiger partial charge in [0.15, 0.2) is 0 Å². The van der Waals surface area contributed by atoms with E-state index in [1.165, 1.54) is 24.3 Å². The number of hydrogen-bond donors (Lipinski definition) is 2. The molecule has 0 aromatic heterocycles.